The second-order valence-corrected chi connectivity index (χ2v) is 13.7. The van der Waals surface area contributed by atoms with Crippen LogP contribution >= 0.6 is 11.8 Å². The van der Waals surface area contributed by atoms with Gasteiger partial charge in [-0.05, 0) is 32.6 Å². The molecule has 1 fully saturated rings. The molecule has 0 aromatic rings. The molecular formula is C17H30SSi. The molecule has 2 aliphatic rings. The van der Waals surface area contributed by atoms with E-state index in [0.717, 1.165) is 5.25 Å². The van der Waals surface area contributed by atoms with Gasteiger partial charge in [0, 0.05) is 11.0 Å². The first kappa shape index (κ1) is 15.4. The lowest BCUT2D eigenvalue weighted by atomic mass is 10.00. The predicted molar refractivity (Wildman–Crippen MR) is 92.7 cm³/mol. The maximum absolute atomic E-state index is 2.52. The average Bonchev–Trinajstić information content (AvgIpc) is 2.36. The van der Waals surface area contributed by atoms with Crippen molar-refractivity contribution in [1.82, 2.24) is 0 Å². The Bertz CT molecular complexity index is 367. The van der Waals surface area contributed by atoms with E-state index in [4.69, 9.17) is 0 Å². The largest absolute Gasteiger partial charge is 0.154 e. The van der Waals surface area contributed by atoms with E-state index < -0.39 is 8.07 Å². The second-order valence-electron chi connectivity index (χ2n) is 7.33. The number of hydrogen-bond donors (Lipinski definition) is 0. The molecule has 0 bridgehead atoms. The molecule has 2 heteroatoms. The Morgan fingerprint density at radius 3 is 2.47 bits per heavy atom. The van der Waals surface area contributed by atoms with Gasteiger partial charge in [-0.1, -0.05) is 61.3 Å². The molecule has 0 saturated heterocycles. The normalized spacial score (nSPS) is 22.6. The lowest BCUT2D eigenvalue weighted by Crippen LogP contribution is -2.27. The number of hydrogen-bond acceptors (Lipinski definition) is 1. The van der Waals surface area contributed by atoms with Gasteiger partial charge in [0.2, 0.25) is 0 Å². The quantitative estimate of drug-likeness (QED) is 0.455. The summed E-state index contributed by atoms with van der Waals surface area (Å²) < 4.78 is 0. The van der Waals surface area contributed by atoms with Gasteiger partial charge in [0.1, 0.15) is 0 Å². The third-order valence-corrected chi connectivity index (χ3v) is 8.35. The summed E-state index contributed by atoms with van der Waals surface area (Å²) in [5, 5.41) is 2.80. The van der Waals surface area contributed by atoms with E-state index in [0.29, 0.717) is 0 Å². The van der Waals surface area contributed by atoms with Crippen molar-refractivity contribution in [2.45, 2.75) is 76.8 Å². The van der Waals surface area contributed by atoms with Crippen LogP contribution in [0.2, 0.25) is 19.6 Å². The topological polar surface area (TPSA) is 0 Å². The van der Waals surface area contributed by atoms with E-state index in [1.807, 2.05) is 5.20 Å². The van der Waals surface area contributed by atoms with Crippen molar-refractivity contribution in [3.63, 3.8) is 0 Å². The van der Waals surface area contributed by atoms with E-state index in [-0.39, 0.29) is 0 Å². The zero-order valence-electron chi connectivity index (χ0n) is 13.2. The third kappa shape index (κ3) is 4.52. The Morgan fingerprint density at radius 1 is 1.16 bits per heavy atom. The fourth-order valence-corrected chi connectivity index (χ4v) is 6.82. The highest BCUT2D eigenvalue weighted by Gasteiger charge is 2.25. The first-order chi connectivity index (χ1) is 8.97. The molecule has 2 rings (SSSR count). The first-order valence-corrected chi connectivity index (χ1v) is 12.5. The summed E-state index contributed by atoms with van der Waals surface area (Å²) in [5.41, 5.74) is 3.40. The molecule has 0 aliphatic heterocycles. The molecule has 0 radical (unpaired) electrons. The summed E-state index contributed by atoms with van der Waals surface area (Å²) in [7, 11) is -1.11. The SMILES string of the molecule is CC1=CCC([Si](C)(C)C)=C(CSC2CCCCC2)C1. The molecule has 19 heavy (non-hydrogen) atoms. The van der Waals surface area contributed by atoms with Crippen LogP contribution in [0.1, 0.15) is 51.9 Å². The van der Waals surface area contributed by atoms with Gasteiger partial charge in [-0.2, -0.15) is 11.8 Å². The van der Waals surface area contributed by atoms with Gasteiger partial charge in [0.25, 0.3) is 0 Å². The fourth-order valence-electron chi connectivity index (χ4n) is 3.36. The highest BCUT2D eigenvalue weighted by Crippen LogP contribution is 2.36. The van der Waals surface area contributed by atoms with Gasteiger partial charge in [0.05, 0.1) is 8.07 Å². The highest BCUT2D eigenvalue weighted by atomic mass is 32.2. The van der Waals surface area contributed by atoms with Gasteiger partial charge >= 0.3 is 0 Å². The first-order valence-electron chi connectivity index (χ1n) is 7.95. The summed E-state index contributed by atoms with van der Waals surface area (Å²) in [5.74, 6) is 1.31. The molecule has 0 aromatic heterocycles. The Balaban J connectivity index is 1.99. The summed E-state index contributed by atoms with van der Waals surface area (Å²) in [4.78, 5) is 0. The molecule has 0 spiro atoms. The van der Waals surface area contributed by atoms with Gasteiger partial charge in [0.15, 0.2) is 0 Å². The van der Waals surface area contributed by atoms with Crippen molar-refractivity contribution in [3.05, 3.63) is 22.4 Å². The van der Waals surface area contributed by atoms with Crippen LogP contribution < -0.4 is 0 Å². The average molecular weight is 295 g/mol. The van der Waals surface area contributed by atoms with Crippen LogP contribution in [0.15, 0.2) is 22.4 Å². The number of rotatable bonds is 4. The van der Waals surface area contributed by atoms with E-state index in [1.54, 1.807) is 11.1 Å². The lowest BCUT2D eigenvalue weighted by Gasteiger charge is -2.29. The van der Waals surface area contributed by atoms with Crippen molar-refractivity contribution in [3.8, 4) is 0 Å². The Morgan fingerprint density at radius 2 is 1.84 bits per heavy atom. The monoisotopic (exact) mass is 294 g/mol. The van der Waals surface area contributed by atoms with Crippen molar-refractivity contribution in [2.75, 3.05) is 5.75 Å². The minimum atomic E-state index is -1.11. The van der Waals surface area contributed by atoms with E-state index in [2.05, 4.69) is 44.4 Å². The minimum Gasteiger partial charge on any atom is -0.154 e. The molecule has 0 nitrogen and oxygen atoms in total. The lowest BCUT2D eigenvalue weighted by molar-refractivity contribution is 0.516. The summed E-state index contributed by atoms with van der Waals surface area (Å²) in [6.45, 7) is 9.86. The second kappa shape index (κ2) is 6.67. The molecule has 0 amide bonds. The summed E-state index contributed by atoms with van der Waals surface area (Å²) in [6.07, 6.45) is 12.3. The van der Waals surface area contributed by atoms with Crippen LogP contribution in [0.5, 0.6) is 0 Å². The predicted octanol–water partition coefficient (Wildman–Crippen LogP) is 5.97. The standard InChI is InChI=1S/C17H30SSi/c1-14-10-11-17(19(2,3)4)15(12-14)13-18-16-8-6-5-7-9-16/h10,16H,5-9,11-13H2,1-4H3. The van der Waals surface area contributed by atoms with Crippen molar-refractivity contribution >= 4 is 19.8 Å². The molecule has 0 unspecified atom stereocenters. The maximum atomic E-state index is 2.52. The smallest absolute Gasteiger partial charge is 0.0728 e. The highest BCUT2D eigenvalue weighted by molar-refractivity contribution is 8.00. The zero-order chi connectivity index (χ0) is 13.9. The molecule has 0 atom stereocenters. The van der Waals surface area contributed by atoms with Crippen molar-refractivity contribution < 1.29 is 0 Å². The van der Waals surface area contributed by atoms with Gasteiger partial charge < -0.3 is 0 Å². The molecule has 0 heterocycles. The van der Waals surface area contributed by atoms with Crippen LogP contribution in [0.25, 0.3) is 0 Å². The fraction of sp³-hybridized carbons (Fsp3) is 0.765. The minimum absolute atomic E-state index is 0.954. The molecule has 1 saturated carbocycles. The van der Waals surface area contributed by atoms with Crippen LogP contribution in [-0.4, -0.2) is 19.1 Å². The molecule has 2 aliphatic carbocycles. The van der Waals surface area contributed by atoms with Crippen LogP contribution in [0, 0.1) is 0 Å². The van der Waals surface area contributed by atoms with Crippen molar-refractivity contribution in [2.24, 2.45) is 0 Å². The van der Waals surface area contributed by atoms with Gasteiger partial charge in [-0.25, -0.2) is 0 Å². The maximum Gasteiger partial charge on any atom is 0.0728 e. The van der Waals surface area contributed by atoms with E-state index in [1.165, 1.54) is 50.7 Å². The van der Waals surface area contributed by atoms with Gasteiger partial charge in [-0.3, -0.25) is 0 Å². The van der Waals surface area contributed by atoms with Crippen LogP contribution in [0.4, 0.5) is 0 Å². The summed E-state index contributed by atoms with van der Waals surface area (Å²) >= 11 is 2.26. The van der Waals surface area contributed by atoms with E-state index in [9.17, 15) is 0 Å². The molecular weight excluding hydrogens is 264 g/mol. The number of thioether (sulfide) groups is 1. The zero-order valence-corrected chi connectivity index (χ0v) is 15.0. The van der Waals surface area contributed by atoms with Crippen molar-refractivity contribution in [1.29, 1.82) is 0 Å². The molecule has 0 aromatic carbocycles. The Labute approximate surface area is 125 Å². The Kier molecular flexibility index (Phi) is 5.42. The summed E-state index contributed by atoms with van der Waals surface area (Å²) in [6, 6.07) is 0. The van der Waals surface area contributed by atoms with Gasteiger partial charge in [-0.15, -0.1) is 0 Å². The van der Waals surface area contributed by atoms with Crippen LogP contribution in [-0.2, 0) is 0 Å². The Hall–Kier alpha value is 0.0469. The molecule has 0 N–H and O–H groups in total. The van der Waals surface area contributed by atoms with E-state index >= 15 is 0 Å². The number of allylic oxidation sites excluding steroid dienone is 3. The third-order valence-electron chi connectivity index (χ3n) is 4.52. The molecule has 108 valence electrons. The van der Waals surface area contributed by atoms with Crippen LogP contribution in [0.3, 0.4) is 0 Å².